The summed E-state index contributed by atoms with van der Waals surface area (Å²) >= 11 is 0. The molecule has 8 heteroatoms. The highest BCUT2D eigenvalue weighted by atomic mass is 16.4. The Balaban J connectivity index is 2.75. The zero-order chi connectivity index (χ0) is 18.0. The Kier molecular flexibility index (Phi) is 4.32. The van der Waals surface area contributed by atoms with Gasteiger partial charge in [0.25, 0.3) is 0 Å². The third-order valence-electron chi connectivity index (χ3n) is 3.27. The van der Waals surface area contributed by atoms with Crippen LogP contribution in [0.15, 0.2) is 36.4 Å². The summed E-state index contributed by atoms with van der Waals surface area (Å²) < 4.78 is 0. The third-order valence-corrected chi connectivity index (χ3v) is 3.27. The summed E-state index contributed by atoms with van der Waals surface area (Å²) in [6.45, 7) is 0. The average Bonchev–Trinajstić information content (AvgIpc) is 2.53. The number of carboxylic acids is 4. The van der Waals surface area contributed by atoms with Gasteiger partial charge in [0.2, 0.25) is 0 Å². The molecule has 0 aliphatic rings. The number of aromatic carboxylic acids is 4. The van der Waals surface area contributed by atoms with Crippen LogP contribution in [-0.4, -0.2) is 34.1 Å². The molecule has 0 atom stereocenters. The van der Waals surface area contributed by atoms with Crippen molar-refractivity contribution in [2.45, 2.75) is 0 Å². The highest BCUT2D eigenvalue weighted by Crippen LogP contribution is 2.27. The molecule has 0 heterocycles. The van der Waals surface area contributed by atoms with Gasteiger partial charge in [-0.25, -0.2) is 9.59 Å². The molecule has 2 aromatic carbocycles. The molecule has 0 fully saturated rings. The lowest BCUT2D eigenvalue weighted by atomic mass is 9.94. The van der Waals surface area contributed by atoms with Crippen LogP contribution >= 0.6 is 0 Å². The molecule has 122 valence electrons. The van der Waals surface area contributed by atoms with E-state index in [-0.39, 0.29) is 22.3 Å². The monoisotopic (exact) mass is 328 g/mol. The van der Waals surface area contributed by atoms with E-state index in [2.05, 4.69) is 0 Å². The first-order chi connectivity index (χ1) is 11.2. The van der Waals surface area contributed by atoms with E-state index in [0.717, 1.165) is 30.3 Å². The van der Waals surface area contributed by atoms with Gasteiger partial charge in [-0.1, -0.05) is 12.1 Å². The van der Waals surface area contributed by atoms with Crippen LogP contribution in [-0.2, 0) is 0 Å². The van der Waals surface area contributed by atoms with Gasteiger partial charge in [-0.2, -0.15) is 0 Å². The van der Waals surface area contributed by atoms with Crippen LogP contribution in [0.25, 0.3) is 11.1 Å². The minimum absolute atomic E-state index is 0.0136. The number of rotatable bonds is 5. The van der Waals surface area contributed by atoms with E-state index in [1.165, 1.54) is 6.07 Å². The lowest BCUT2D eigenvalue weighted by molar-refractivity contribution is -0.256. The van der Waals surface area contributed by atoms with Crippen LogP contribution < -0.4 is 10.2 Å². The summed E-state index contributed by atoms with van der Waals surface area (Å²) in [6.07, 6.45) is 0. The second kappa shape index (κ2) is 6.21. The standard InChI is InChI=1S/C16H10O8/c17-13(18)8-2-4-9(14(19)20)11(6-8)7-1-3-10(15(21)22)12(5-7)16(23)24/h1-6H,(H,17,18)(H,19,20)(H,21,22)(H,23,24)/p-2. The SMILES string of the molecule is O=C([O-])c1ccc(C(=O)O)c(-c2ccc(C(=O)O)c(C(=O)[O-])c2)c1. The van der Waals surface area contributed by atoms with E-state index in [4.69, 9.17) is 5.11 Å². The fourth-order valence-electron chi connectivity index (χ4n) is 2.16. The summed E-state index contributed by atoms with van der Waals surface area (Å²) in [7, 11) is 0. The molecule has 0 unspecified atom stereocenters. The Morgan fingerprint density at radius 3 is 1.79 bits per heavy atom. The lowest BCUT2D eigenvalue weighted by Crippen LogP contribution is -2.25. The van der Waals surface area contributed by atoms with E-state index >= 15 is 0 Å². The zero-order valence-corrected chi connectivity index (χ0v) is 11.8. The van der Waals surface area contributed by atoms with Crippen molar-refractivity contribution in [3.05, 3.63) is 58.7 Å². The number of carbonyl (C=O) groups excluding carboxylic acids is 2. The Hall–Kier alpha value is -3.68. The summed E-state index contributed by atoms with van der Waals surface area (Å²) in [4.78, 5) is 44.4. The van der Waals surface area contributed by atoms with Crippen LogP contribution in [0.4, 0.5) is 0 Å². The van der Waals surface area contributed by atoms with E-state index < -0.39 is 35.0 Å². The van der Waals surface area contributed by atoms with Crippen molar-refractivity contribution in [3.8, 4) is 11.1 Å². The van der Waals surface area contributed by atoms with E-state index in [0.29, 0.717) is 0 Å². The number of carboxylic acid groups (broad SMARTS) is 4. The van der Waals surface area contributed by atoms with Gasteiger partial charge in [-0.3, -0.25) is 0 Å². The normalized spacial score (nSPS) is 10.2. The van der Waals surface area contributed by atoms with Gasteiger partial charge in [0.1, 0.15) is 0 Å². The largest absolute Gasteiger partial charge is 0.545 e. The Morgan fingerprint density at radius 1 is 0.708 bits per heavy atom. The summed E-state index contributed by atoms with van der Waals surface area (Å²) in [5.41, 5.74) is -1.87. The predicted octanol–water partition coefficient (Wildman–Crippen LogP) is -0.523. The molecule has 0 spiro atoms. The van der Waals surface area contributed by atoms with E-state index in [9.17, 15) is 34.5 Å². The molecule has 0 bridgehead atoms. The van der Waals surface area contributed by atoms with Gasteiger partial charge in [-0.15, -0.1) is 0 Å². The minimum atomic E-state index is -1.76. The molecule has 0 aliphatic carbocycles. The maximum absolute atomic E-state index is 11.3. The maximum atomic E-state index is 11.3. The van der Waals surface area contributed by atoms with Crippen molar-refractivity contribution in [3.63, 3.8) is 0 Å². The number of hydrogen-bond acceptors (Lipinski definition) is 6. The molecule has 0 aromatic heterocycles. The highest BCUT2D eigenvalue weighted by Gasteiger charge is 2.17. The molecule has 2 N–H and O–H groups in total. The fourth-order valence-corrected chi connectivity index (χ4v) is 2.16. The third kappa shape index (κ3) is 3.07. The van der Waals surface area contributed by atoms with Gasteiger partial charge in [-0.05, 0) is 41.0 Å². The second-order valence-electron chi connectivity index (χ2n) is 4.71. The minimum Gasteiger partial charge on any atom is -0.545 e. The van der Waals surface area contributed by atoms with Crippen molar-refractivity contribution in [1.29, 1.82) is 0 Å². The first-order valence-corrected chi connectivity index (χ1v) is 6.40. The van der Waals surface area contributed by atoms with Crippen LogP contribution in [0.2, 0.25) is 0 Å². The van der Waals surface area contributed by atoms with Gasteiger partial charge in [0.05, 0.1) is 23.1 Å². The van der Waals surface area contributed by atoms with Crippen LogP contribution in [0, 0.1) is 0 Å². The van der Waals surface area contributed by atoms with E-state index in [1.54, 1.807) is 0 Å². The Labute approximate surface area is 134 Å². The summed E-state index contributed by atoms with van der Waals surface area (Å²) in [6, 6.07) is 6.14. The fraction of sp³-hybridized carbons (Fsp3) is 0. The van der Waals surface area contributed by atoms with Crippen molar-refractivity contribution in [1.82, 2.24) is 0 Å². The first-order valence-electron chi connectivity index (χ1n) is 6.40. The Bertz CT molecular complexity index is 882. The second-order valence-corrected chi connectivity index (χ2v) is 4.71. The highest BCUT2D eigenvalue weighted by molar-refractivity contribution is 6.03. The molecular weight excluding hydrogens is 320 g/mol. The van der Waals surface area contributed by atoms with Gasteiger partial charge in [0, 0.05) is 5.56 Å². The summed E-state index contributed by atoms with van der Waals surface area (Å²) in [5.74, 6) is -6.17. The quantitative estimate of drug-likeness (QED) is 0.742. The molecule has 0 aliphatic heterocycles. The van der Waals surface area contributed by atoms with Crippen molar-refractivity contribution >= 4 is 23.9 Å². The molecule has 0 saturated carbocycles. The van der Waals surface area contributed by atoms with E-state index in [1.807, 2.05) is 0 Å². The van der Waals surface area contributed by atoms with Crippen LogP contribution in [0.1, 0.15) is 41.4 Å². The number of hydrogen-bond donors (Lipinski definition) is 2. The number of benzene rings is 2. The van der Waals surface area contributed by atoms with Crippen LogP contribution in [0.3, 0.4) is 0 Å². The molecule has 0 radical (unpaired) electrons. The van der Waals surface area contributed by atoms with Crippen molar-refractivity contribution in [2.75, 3.05) is 0 Å². The maximum Gasteiger partial charge on any atom is 0.336 e. The van der Waals surface area contributed by atoms with Crippen molar-refractivity contribution < 1.29 is 39.6 Å². The Morgan fingerprint density at radius 2 is 1.29 bits per heavy atom. The van der Waals surface area contributed by atoms with Crippen molar-refractivity contribution in [2.24, 2.45) is 0 Å². The first kappa shape index (κ1) is 16.7. The molecule has 0 amide bonds. The smallest absolute Gasteiger partial charge is 0.336 e. The molecule has 24 heavy (non-hydrogen) atoms. The average molecular weight is 328 g/mol. The predicted molar refractivity (Wildman–Crippen MR) is 74.5 cm³/mol. The van der Waals surface area contributed by atoms with Gasteiger partial charge < -0.3 is 30.0 Å². The lowest BCUT2D eigenvalue weighted by Gasteiger charge is -2.13. The van der Waals surface area contributed by atoms with Gasteiger partial charge >= 0.3 is 11.9 Å². The molecule has 2 rings (SSSR count). The van der Waals surface area contributed by atoms with Crippen LogP contribution in [0.5, 0.6) is 0 Å². The topological polar surface area (TPSA) is 155 Å². The summed E-state index contributed by atoms with van der Waals surface area (Å²) in [5, 5.41) is 40.2. The number of carbonyl (C=O) groups is 4. The molecule has 8 nitrogen and oxygen atoms in total. The molecule has 2 aromatic rings. The van der Waals surface area contributed by atoms with Gasteiger partial charge in [0.15, 0.2) is 0 Å². The molecule has 0 saturated heterocycles. The molecular formula is C16H8O8-2. The zero-order valence-electron chi connectivity index (χ0n) is 11.8.